The zero-order chi connectivity index (χ0) is 16.9. The molecule has 0 bridgehead atoms. The van der Waals surface area contributed by atoms with Crippen LogP contribution in [0.25, 0.3) is 0 Å². The number of aromatic nitrogens is 2. The molecule has 0 atom stereocenters. The molecule has 24 heavy (non-hydrogen) atoms. The first kappa shape index (κ1) is 16.4. The van der Waals surface area contributed by atoms with E-state index in [9.17, 15) is 9.59 Å². The predicted molar refractivity (Wildman–Crippen MR) is 92.9 cm³/mol. The normalized spacial score (nSPS) is 16.0. The van der Waals surface area contributed by atoms with E-state index in [0.717, 1.165) is 25.6 Å². The van der Waals surface area contributed by atoms with Crippen LogP contribution in [-0.2, 0) is 6.54 Å². The first-order chi connectivity index (χ1) is 11.6. The van der Waals surface area contributed by atoms with E-state index >= 15 is 0 Å². The fourth-order valence-corrected chi connectivity index (χ4v) is 2.84. The molecule has 1 aromatic heterocycles. The van der Waals surface area contributed by atoms with E-state index in [-0.39, 0.29) is 17.2 Å². The average Bonchev–Trinajstić information content (AvgIpc) is 2.59. The van der Waals surface area contributed by atoms with Crippen LogP contribution in [0, 0.1) is 5.92 Å². The minimum absolute atomic E-state index is 0.182. The number of H-pyrrole nitrogens is 1. The van der Waals surface area contributed by atoms with Gasteiger partial charge in [0.2, 0.25) is 0 Å². The Morgan fingerprint density at radius 2 is 1.92 bits per heavy atom. The van der Waals surface area contributed by atoms with Gasteiger partial charge < -0.3 is 5.32 Å². The van der Waals surface area contributed by atoms with E-state index in [1.54, 1.807) is 0 Å². The van der Waals surface area contributed by atoms with Gasteiger partial charge in [-0.15, -0.1) is 0 Å². The standard InChI is InChI=1S/C18H22N4O2/c1-13-8-10-22(11-9-13)12-14-2-4-15(5-3-14)19-18(24)16-6-7-17(23)21-20-16/h2-7,13H,8-12H2,1H3,(H,19,24)(H,21,23). The smallest absolute Gasteiger partial charge is 0.276 e. The first-order valence-corrected chi connectivity index (χ1v) is 8.28. The third-order valence-electron chi connectivity index (χ3n) is 4.41. The molecule has 0 radical (unpaired) electrons. The highest BCUT2D eigenvalue weighted by Crippen LogP contribution is 2.19. The Bertz CT molecular complexity index is 726. The number of anilines is 1. The number of likely N-dealkylation sites (tertiary alicyclic amines) is 1. The lowest BCUT2D eigenvalue weighted by atomic mass is 9.99. The largest absolute Gasteiger partial charge is 0.321 e. The van der Waals surface area contributed by atoms with E-state index in [1.165, 1.54) is 30.5 Å². The quantitative estimate of drug-likeness (QED) is 0.903. The maximum atomic E-state index is 12.1. The number of aromatic amines is 1. The minimum Gasteiger partial charge on any atom is -0.321 e. The molecule has 1 saturated heterocycles. The molecule has 1 fully saturated rings. The molecule has 6 heteroatoms. The second-order valence-electron chi connectivity index (χ2n) is 6.42. The lowest BCUT2D eigenvalue weighted by Gasteiger charge is -2.30. The van der Waals surface area contributed by atoms with Gasteiger partial charge in [-0.3, -0.25) is 14.5 Å². The van der Waals surface area contributed by atoms with Gasteiger partial charge in [-0.05, 0) is 55.6 Å². The zero-order valence-corrected chi connectivity index (χ0v) is 13.8. The van der Waals surface area contributed by atoms with Crippen LogP contribution in [0.4, 0.5) is 5.69 Å². The third-order valence-corrected chi connectivity index (χ3v) is 4.41. The molecule has 0 saturated carbocycles. The summed E-state index contributed by atoms with van der Waals surface area (Å²) in [5.41, 5.74) is 1.80. The van der Waals surface area contributed by atoms with Crippen LogP contribution in [0.3, 0.4) is 0 Å². The molecule has 1 aromatic carbocycles. The summed E-state index contributed by atoms with van der Waals surface area (Å²) in [7, 11) is 0. The Morgan fingerprint density at radius 3 is 2.54 bits per heavy atom. The van der Waals surface area contributed by atoms with Crippen LogP contribution < -0.4 is 10.9 Å². The monoisotopic (exact) mass is 326 g/mol. The number of amides is 1. The Kier molecular flexibility index (Phi) is 5.05. The molecule has 1 aliphatic rings. The van der Waals surface area contributed by atoms with Gasteiger partial charge in [-0.2, -0.15) is 5.10 Å². The number of rotatable bonds is 4. The van der Waals surface area contributed by atoms with E-state index in [4.69, 9.17) is 0 Å². The Labute approximate surface area is 140 Å². The second kappa shape index (κ2) is 7.40. The van der Waals surface area contributed by atoms with Crippen molar-refractivity contribution < 1.29 is 4.79 Å². The molecule has 1 aliphatic heterocycles. The van der Waals surface area contributed by atoms with Crippen molar-refractivity contribution in [2.24, 2.45) is 5.92 Å². The molecule has 0 unspecified atom stereocenters. The fourth-order valence-electron chi connectivity index (χ4n) is 2.84. The predicted octanol–water partition coefficient (Wildman–Crippen LogP) is 2.25. The number of carbonyl (C=O) groups excluding carboxylic acids is 1. The summed E-state index contributed by atoms with van der Waals surface area (Å²) in [5.74, 6) is 0.490. The summed E-state index contributed by atoms with van der Waals surface area (Å²) in [6.45, 7) is 5.56. The Morgan fingerprint density at radius 1 is 1.21 bits per heavy atom. The van der Waals surface area contributed by atoms with Gasteiger partial charge in [0.05, 0.1) is 0 Å². The molecule has 1 amide bonds. The Hall–Kier alpha value is -2.47. The van der Waals surface area contributed by atoms with Crippen molar-refractivity contribution in [3.8, 4) is 0 Å². The summed E-state index contributed by atoms with van der Waals surface area (Å²) in [5, 5.41) is 8.75. The molecule has 2 N–H and O–H groups in total. The van der Waals surface area contributed by atoms with Gasteiger partial charge >= 0.3 is 0 Å². The highest BCUT2D eigenvalue weighted by Gasteiger charge is 2.15. The highest BCUT2D eigenvalue weighted by molar-refractivity contribution is 6.02. The van der Waals surface area contributed by atoms with Crippen LogP contribution in [0.15, 0.2) is 41.2 Å². The maximum Gasteiger partial charge on any atom is 0.276 e. The maximum absolute atomic E-state index is 12.1. The summed E-state index contributed by atoms with van der Waals surface area (Å²) < 4.78 is 0. The van der Waals surface area contributed by atoms with Crippen molar-refractivity contribution in [2.45, 2.75) is 26.3 Å². The number of benzene rings is 1. The van der Waals surface area contributed by atoms with Gasteiger partial charge in [0.25, 0.3) is 11.5 Å². The molecular formula is C18H22N4O2. The molecule has 6 nitrogen and oxygen atoms in total. The van der Waals surface area contributed by atoms with Crippen molar-refractivity contribution in [3.05, 3.63) is 58.0 Å². The number of carbonyl (C=O) groups is 1. The van der Waals surface area contributed by atoms with Crippen molar-refractivity contribution >= 4 is 11.6 Å². The molecule has 0 aliphatic carbocycles. The van der Waals surface area contributed by atoms with Crippen molar-refractivity contribution in [2.75, 3.05) is 18.4 Å². The van der Waals surface area contributed by atoms with Crippen molar-refractivity contribution in [3.63, 3.8) is 0 Å². The number of hydrogen-bond acceptors (Lipinski definition) is 4. The number of piperidine rings is 1. The lowest BCUT2D eigenvalue weighted by Crippen LogP contribution is -2.32. The van der Waals surface area contributed by atoms with Crippen molar-refractivity contribution in [1.82, 2.24) is 15.1 Å². The van der Waals surface area contributed by atoms with Gasteiger partial charge in [0.1, 0.15) is 5.69 Å². The molecule has 2 heterocycles. The van der Waals surface area contributed by atoms with Gasteiger partial charge in [-0.1, -0.05) is 19.1 Å². The minimum atomic E-state index is -0.344. The van der Waals surface area contributed by atoms with Crippen LogP contribution >= 0.6 is 0 Å². The highest BCUT2D eigenvalue weighted by atomic mass is 16.2. The van der Waals surface area contributed by atoms with Crippen molar-refractivity contribution in [1.29, 1.82) is 0 Å². The van der Waals surface area contributed by atoms with Crippen LogP contribution in [0.5, 0.6) is 0 Å². The van der Waals surface area contributed by atoms with E-state index in [1.807, 2.05) is 24.3 Å². The lowest BCUT2D eigenvalue weighted by molar-refractivity contribution is 0.102. The Balaban J connectivity index is 1.57. The van der Waals surface area contributed by atoms with Crippen LogP contribution in [-0.4, -0.2) is 34.1 Å². The molecular weight excluding hydrogens is 304 g/mol. The van der Waals surface area contributed by atoms with E-state index in [2.05, 4.69) is 27.3 Å². The van der Waals surface area contributed by atoms with E-state index in [0.29, 0.717) is 5.69 Å². The summed E-state index contributed by atoms with van der Waals surface area (Å²) in [6, 6.07) is 10.5. The number of nitrogens with one attached hydrogen (secondary N) is 2. The average molecular weight is 326 g/mol. The van der Waals surface area contributed by atoms with Gasteiger partial charge in [0.15, 0.2) is 0 Å². The summed E-state index contributed by atoms with van der Waals surface area (Å²) in [4.78, 5) is 25.5. The summed E-state index contributed by atoms with van der Waals surface area (Å²) in [6.07, 6.45) is 2.53. The number of nitrogens with zero attached hydrogens (tertiary/aromatic N) is 2. The molecule has 0 spiro atoms. The second-order valence-corrected chi connectivity index (χ2v) is 6.42. The first-order valence-electron chi connectivity index (χ1n) is 8.28. The van der Waals surface area contributed by atoms with E-state index < -0.39 is 0 Å². The zero-order valence-electron chi connectivity index (χ0n) is 13.8. The topological polar surface area (TPSA) is 78.1 Å². The van der Waals surface area contributed by atoms with Gasteiger partial charge in [0, 0.05) is 18.3 Å². The number of hydrogen-bond donors (Lipinski definition) is 2. The molecule has 3 rings (SSSR count). The van der Waals surface area contributed by atoms with Crippen LogP contribution in [0.2, 0.25) is 0 Å². The van der Waals surface area contributed by atoms with Crippen LogP contribution in [0.1, 0.15) is 35.8 Å². The molecule has 126 valence electrons. The summed E-state index contributed by atoms with van der Waals surface area (Å²) >= 11 is 0. The molecule has 2 aromatic rings. The SMILES string of the molecule is CC1CCN(Cc2ccc(NC(=O)c3ccc(=O)[nH]n3)cc2)CC1. The third kappa shape index (κ3) is 4.29. The fraction of sp³-hybridized carbons (Fsp3) is 0.389. The van der Waals surface area contributed by atoms with Gasteiger partial charge in [-0.25, -0.2) is 5.10 Å².